The molecule has 1 saturated carbocycles. The van der Waals surface area contributed by atoms with Crippen molar-refractivity contribution < 1.29 is 19.7 Å². The van der Waals surface area contributed by atoms with Gasteiger partial charge in [-0.25, -0.2) is 4.79 Å². The fourth-order valence-electron chi connectivity index (χ4n) is 4.84. The lowest BCUT2D eigenvalue weighted by molar-refractivity contribution is -0.166. The maximum atomic E-state index is 12.2. The molecule has 1 saturated heterocycles. The summed E-state index contributed by atoms with van der Waals surface area (Å²) >= 11 is 0. The lowest BCUT2D eigenvalue weighted by Gasteiger charge is -2.54. The predicted octanol–water partition coefficient (Wildman–Crippen LogP) is 3.18. The molecule has 0 aromatic rings. The molecule has 5 nitrogen and oxygen atoms in total. The van der Waals surface area contributed by atoms with E-state index in [4.69, 9.17) is 4.74 Å². The van der Waals surface area contributed by atoms with E-state index in [-0.39, 0.29) is 12.7 Å². The first kappa shape index (κ1) is 19.5. The van der Waals surface area contributed by atoms with E-state index >= 15 is 0 Å². The molecule has 2 fully saturated rings. The number of carbonyl (C=O) groups excluding carboxylic acids is 1. The highest BCUT2D eigenvalue weighted by atomic mass is 16.6. The number of rotatable bonds is 2. The van der Waals surface area contributed by atoms with Crippen molar-refractivity contribution in [2.45, 2.75) is 77.9 Å². The van der Waals surface area contributed by atoms with Crippen LogP contribution in [0.25, 0.3) is 0 Å². The second-order valence-corrected chi connectivity index (χ2v) is 9.29. The molecule has 1 amide bonds. The van der Waals surface area contributed by atoms with Gasteiger partial charge in [0.15, 0.2) is 0 Å². The normalized spacial score (nSPS) is 34.0. The first-order chi connectivity index (χ1) is 11.0. The summed E-state index contributed by atoms with van der Waals surface area (Å²) < 4.78 is 5.43. The predicted molar refractivity (Wildman–Crippen MR) is 93.7 cm³/mol. The Kier molecular flexibility index (Phi) is 5.55. The third kappa shape index (κ3) is 4.05. The smallest absolute Gasteiger partial charge is 0.410 e. The van der Waals surface area contributed by atoms with Crippen molar-refractivity contribution in [2.75, 3.05) is 19.7 Å². The molecule has 0 aromatic heterocycles. The SMILES string of the molecule is CC1CC(C)CC(CO)(C2(O)CCN(C(=O)OC(C)(C)C)CC2)C1. The van der Waals surface area contributed by atoms with Gasteiger partial charge in [-0.05, 0) is 64.7 Å². The van der Waals surface area contributed by atoms with E-state index in [9.17, 15) is 15.0 Å². The second-order valence-electron chi connectivity index (χ2n) is 9.29. The van der Waals surface area contributed by atoms with Gasteiger partial charge in [0, 0.05) is 18.5 Å². The van der Waals surface area contributed by atoms with Crippen molar-refractivity contribution in [3.8, 4) is 0 Å². The number of piperidine rings is 1. The summed E-state index contributed by atoms with van der Waals surface area (Å²) in [5.41, 5.74) is -1.85. The summed E-state index contributed by atoms with van der Waals surface area (Å²) in [5.74, 6) is 1.02. The van der Waals surface area contributed by atoms with Crippen LogP contribution in [-0.2, 0) is 4.74 Å². The minimum atomic E-state index is -0.900. The zero-order chi connectivity index (χ0) is 18.2. The summed E-state index contributed by atoms with van der Waals surface area (Å²) in [6.07, 6.45) is 3.57. The van der Waals surface area contributed by atoms with Crippen LogP contribution in [0.2, 0.25) is 0 Å². The quantitative estimate of drug-likeness (QED) is 0.809. The number of nitrogens with zero attached hydrogens (tertiary/aromatic N) is 1. The number of hydrogen-bond acceptors (Lipinski definition) is 4. The molecule has 0 spiro atoms. The van der Waals surface area contributed by atoms with E-state index in [0.29, 0.717) is 37.8 Å². The molecular weight excluding hydrogens is 306 g/mol. The van der Waals surface area contributed by atoms with Gasteiger partial charge < -0.3 is 19.8 Å². The first-order valence-electron chi connectivity index (χ1n) is 9.31. The van der Waals surface area contributed by atoms with Gasteiger partial charge in [0.1, 0.15) is 5.60 Å². The van der Waals surface area contributed by atoms with E-state index in [0.717, 1.165) is 19.3 Å². The summed E-state index contributed by atoms with van der Waals surface area (Å²) in [5, 5.41) is 21.5. The van der Waals surface area contributed by atoms with Crippen LogP contribution in [0.3, 0.4) is 0 Å². The molecule has 24 heavy (non-hydrogen) atoms. The highest BCUT2D eigenvalue weighted by Gasteiger charge is 2.54. The number of amides is 1. The van der Waals surface area contributed by atoms with Crippen LogP contribution in [0, 0.1) is 17.3 Å². The summed E-state index contributed by atoms with van der Waals surface area (Å²) in [7, 11) is 0. The van der Waals surface area contributed by atoms with Crippen LogP contribution < -0.4 is 0 Å². The van der Waals surface area contributed by atoms with Crippen molar-refractivity contribution >= 4 is 6.09 Å². The zero-order valence-electron chi connectivity index (χ0n) is 16.0. The molecule has 2 aliphatic rings. The van der Waals surface area contributed by atoms with E-state index < -0.39 is 16.6 Å². The Morgan fingerprint density at radius 2 is 1.67 bits per heavy atom. The number of carbonyl (C=O) groups is 1. The Hall–Kier alpha value is -0.810. The van der Waals surface area contributed by atoms with Gasteiger partial charge >= 0.3 is 6.09 Å². The van der Waals surface area contributed by atoms with Crippen LogP contribution in [0.4, 0.5) is 4.79 Å². The van der Waals surface area contributed by atoms with Gasteiger partial charge in [-0.1, -0.05) is 13.8 Å². The Morgan fingerprint density at radius 1 is 1.17 bits per heavy atom. The number of hydrogen-bond donors (Lipinski definition) is 2. The van der Waals surface area contributed by atoms with Gasteiger partial charge in [-0.2, -0.15) is 0 Å². The van der Waals surface area contributed by atoms with Crippen LogP contribution in [0.15, 0.2) is 0 Å². The highest BCUT2D eigenvalue weighted by Crippen LogP contribution is 2.52. The minimum Gasteiger partial charge on any atom is -0.444 e. The molecule has 2 N–H and O–H groups in total. The Bertz CT molecular complexity index is 439. The Morgan fingerprint density at radius 3 is 2.08 bits per heavy atom. The van der Waals surface area contributed by atoms with Gasteiger partial charge in [0.05, 0.1) is 12.2 Å². The monoisotopic (exact) mass is 341 g/mol. The molecule has 5 heteroatoms. The van der Waals surface area contributed by atoms with Crippen molar-refractivity contribution in [3.05, 3.63) is 0 Å². The number of aliphatic hydroxyl groups excluding tert-OH is 1. The van der Waals surface area contributed by atoms with E-state index in [1.54, 1.807) is 4.90 Å². The van der Waals surface area contributed by atoms with Gasteiger partial charge in [-0.3, -0.25) is 0 Å². The molecule has 2 rings (SSSR count). The third-order valence-electron chi connectivity index (χ3n) is 5.82. The lowest BCUT2D eigenvalue weighted by Crippen LogP contribution is -2.59. The molecule has 1 heterocycles. The number of ether oxygens (including phenoxy) is 1. The molecule has 2 unspecified atom stereocenters. The fraction of sp³-hybridized carbons (Fsp3) is 0.947. The van der Waals surface area contributed by atoms with E-state index in [2.05, 4.69) is 13.8 Å². The zero-order valence-corrected chi connectivity index (χ0v) is 16.0. The standard InChI is InChI=1S/C19H35NO4/c1-14-10-15(2)12-18(11-14,13-21)19(23)6-8-20(9-7-19)16(22)24-17(3,4)5/h14-15,21,23H,6-13H2,1-5H3. The molecule has 0 aromatic carbocycles. The molecule has 0 radical (unpaired) electrons. The first-order valence-corrected chi connectivity index (χ1v) is 9.31. The molecule has 1 aliphatic carbocycles. The highest BCUT2D eigenvalue weighted by molar-refractivity contribution is 5.68. The largest absolute Gasteiger partial charge is 0.444 e. The fourth-order valence-corrected chi connectivity index (χ4v) is 4.84. The van der Waals surface area contributed by atoms with Crippen molar-refractivity contribution in [1.82, 2.24) is 4.90 Å². The second kappa shape index (κ2) is 6.83. The van der Waals surface area contributed by atoms with Crippen molar-refractivity contribution in [3.63, 3.8) is 0 Å². The van der Waals surface area contributed by atoms with Crippen molar-refractivity contribution in [2.24, 2.45) is 17.3 Å². The van der Waals surface area contributed by atoms with Crippen LogP contribution in [0.5, 0.6) is 0 Å². The maximum absolute atomic E-state index is 12.2. The van der Waals surface area contributed by atoms with Gasteiger partial charge in [-0.15, -0.1) is 0 Å². The van der Waals surface area contributed by atoms with Crippen molar-refractivity contribution in [1.29, 1.82) is 0 Å². The Labute approximate surface area is 146 Å². The number of aliphatic hydroxyl groups is 2. The lowest BCUT2D eigenvalue weighted by atomic mass is 9.56. The van der Waals surface area contributed by atoms with Crippen LogP contribution in [0.1, 0.15) is 66.7 Å². The van der Waals surface area contributed by atoms with Crippen LogP contribution in [-0.4, -0.2) is 52.1 Å². The summed E-state index contributed by atoms with van der Waals surface area (Å²) in [6, 6.07) is 0. The van der Waals surface area contributed by atoms with Crippen LogP contribution >= 0.6 is 0 Å². The third-order valence-corrected chi connectivity index (χ3v) is 5.82. The summed E-state index contributed by atoms with van der Waals surface area (Å²) in [4.78, 5) is 13.9. The average Bonchev–Trinajstić information content (AvgIpc) is 2.44. The summed E-state index contributed by atoms with van der Waals surface area (Å²) in [6.45, 7) is 11.0. The van der Waals surface area contributed by atoms with Gasteiger partial charge in [0.25, 0.3) is 0 Å². The van der Waals surface area contributed by atoms with Gasteiger partial charge in [0.2, 0.25) is 0 Å². The molecule has 0 bridgehead atoms. The molecule has 2 atom stereocenters. The molecular formula is C19H35NO4. The Balaban J connectivity index is 2.06. The van der Waals surface area contributed by atoms with E-state index in [1.807, 2.05) is 20.8 Å². The van der Waals surface area contributed by atoms with E-state index in [1.165, 1.54) is 0 Å². The topological polar surface area (TPSA) is 70.0 Å². The minimum absolute atomic E-state index is 0.0185. The maximum Gasteiger partial charge on any atom is 0.410 e. The number of likely N-dealkylation sites (tertiary alicyclic amines) is 1. The average molecular weight is 341 g/mol. The molecule has 1 aliphatic heterocycles. The molecule has 140 valence electrons.